The highest BCUT2D eigenvalue weighted by Crippen LogP contribution is 2.40. The van der Waals surface area contributed by atoms with E-state index in [4.69, 9.17) is 9.72 Å². The zero-order chi connectivity index (χ0) is 20.8. The number of rotatable bonds is 4. The molecule has 0 spiro atoms. The summed E-state index contributed by atoms with van der Waals surface area (Å²) in [5, 5.41) is 14.2. The van der Waals surface area contributed by atoms with Crippen LogP contribution in [-0.2, 0) is 9.53 Å². The fourth-order valence-corrected chi connectivity index (χ4v) is 4.46. The summed E-state index contributed by atoms with van der Waals surface area (Å²) in [6, 6.07) is 16.2. The molecule has 2 aromatic carbocycles. The fraction of sp³-hybridized carbons (Fsp3) is 0.250. The molecule has 4 rings (SSSR count). The number of para-hydroxylation sites is 1. The molecule has 4 nitrogen and oxygen atoms in total. The lowest BCUT2D eigenvalue weighted by Gasteiger charge is -2.28. The molecule has 1 N–H and O–H groups in total. The second kappa shape index (κ2) is 7.25. The smallest absolute Gasteiger partial charge is 0.337 e. The minimum absolute atomic E-state index is 0.612. The van der Waals surface area contributed by atoms with Gasteiger partial charge >= 0.3 is 5.97 Å². The molecule has 0 fully saturated rings. The van der Waals surface area contributed by atoms with Gasteiger partial charge in [0.15, 0.2) is 6.10 Å². The van der Waals surface area contributed by atoms with Crippen LogP contribution in [0.3, 0.4) is 0 Å². The first-order chi connectivity index (χ1) is 13.7. The summed E-state index contributed by atoms with van der Waals surface area (Å²) < 4.78 is 7.21. The van der Waals surface area contributed by atoms with Crippen LogP contribution in [0.1, 0.15) is 38.1 Å². The highest BCUT2D eigenvalue weighted by atomic mass is 32.1. The van der Waals surface area contributed by atoms with Gasteiger partial charge in [-0.05, 0) is 73.9 Å². The van der Waals surface area contributed by atoms with Gasteiger partial charge in [-0.2, -0.15) is 0 Å². The van der Waals surface area contributed by atoms with Crippen molar-refractivity contribution < 1.29 is 14.6 Å². The summed E-state index contributed by atoms with van der Waals surface area (Å²) in [6.07, 6.45) is -1.11. The number of nitrogens with zero attached hydrogens (tertiary/aromatic N) is 1. The van der Waals surface area contributed by atoms with Crippen molar-refractivity contribution in [3.05, 3.63) is 65.2 Å². The molecule has 0 saturated carbocycles. The van der Waals surface area contributed by atoms with E-state index in [0.717, 1.165) is 27.4 Å². The number of pyridine rings is 1. The number of carbonyl (C=O) groups is 1. The third-order valence-electron chi connectivity index (χ3n) is 4.82. The van der Waals surface area contributed by atoms with E-state index in [1.807, 2.05) is 52.0 Å². The van der Waals surface area contributed by atoms with E-state index in [9.17, 15) is 9.90 Å². The van der Waals surface area contributed by atoms with Crippen LogP contribution < -0.4 is 0 Å². The van der Waals surface area contributed by atoms with Crippen molar-refractivity contribution in [2.75, 3.05) is 0 Å². The lowest BCUT2D eigenvalue weighted by molar-refractivity contribution is -0.160. The average Bonchev–Trinajstić information content (AvgIpc) is 3.12. The Hall–Kier alpha value is -2.76. The third kappa shape index (κ3) is 3.76. The molecule has 5 heteroatoms. The van der Waals surface area contributed by atoms with Crippen molar-refractivity contribution in [2.24, 2.45) is 0 Å². The topological polar surface area (TPSA) is 59.4 Å². The van der Waals surface area contributed by atoms with Crippen LogP contribution in [0.15, 0.2) is 53.9 Å². The second-order valence-corrected chi connectivity index (χ2v) is 9.07. The quantitative estimate of drug-likeness (QED) is 0.429. The number of carboxylic acids is 1. The Labute approximate surface area is 173 Å². The van der Waals surface area contributed by atoms with Gasteiger partial charge in [0.25, 0.3) is 0 Å². The van der Waals surface area contributed by atoms with E-state index in [2.05, 4.69) is 29.6 Å². The standard InChI is InChI=1S/C24H23NO3S/c1-14-20(22(23(26)27)28-24(2,3)4)21(17-7-5-6-8-18(17)25-14)16-9-10-19-15(13-16)11-12-29-19/h5-13,22H,1-4H3,(H,26,27)/t22-/m0/s1. The summed E-state index contributed by atoms with van der Waals surface area (Å²) >= 11 is 1.69. The number of carboxylic acid groups (broad SMARTS) is 1. The van der Waals surface area contributed by atoms with E-state index in [1.165, 1.54) is 4.70 Å². The van der Waals surface area contributed by atoms with E-state index in [0.29, 0.717) is 11.3 Å². The molecule has 2 aromatic heterocycles. The molecule has 0 saturated heterocycles. The number of aliphatic carboxylic acids is 1. The van der Waals surface area contributed by atoms with Crippen LogP contribution in [-0.4, -0.2) is 21.7 Å². The molecule has 0 aliphatic rings. The molecule has 0 unspecified atom stereocenters. The maximum atomic E-state index is 12.3. The molecular formula is C24H23NO3S. The normalized spacial score (nSPS) is 13.1. The lowest BCUT2D eigenvalue weighted by atomic mass is 9.90. The van der Waals surface area contributed by atoms with Crippen LogP contribution in [0.2, 0.25) is 0 Å². The van der Waals surface area contributed by atoms with Gasteiger partial charge in [0.1, 0.15) is 0 Å². The summed E-state index contributed by atoms with van der Waals surface area (Å²) in [5.41, 5.74) is 3.35. The number of hydrogen-bond donors (Lipinski definition) is 1. The molecule has 0 aliphatic heterocycles. The summed E-state index contributed by atoms with van der Waals surface area (Å²) in [5.74, 6) is -1.02. The first-order valence-corrected chi connectivity index (χ1v) is 10.4. The number of aryl methyl sites for hydroxylation is 1. The van der Waals surface area contributed by atoms with Gasteiger partial charge < -0.3 is 9.84 Å². The Balaban J connectivity index is 2.06. The minimum Gasteiger partial charge on any atom is -0.479 e. The van der Waals surface area contributed by atoms with Gasteiger partial charge in [0.05, 0.1) is 11.1 Å². The van der Waals surface area contributed by atoms with E-state index < -0.39 is 17.7 Å². The lowest BCUT2D eigenvalue weighted by Crippen LogP contribution is -2.28. The van der Waals surface area contributed by atoms with Crippen molar-refractivity contribution in [1.82, 2.24) is 4.98 Å². The summed E-state index contributed by atoms with van der Waals surface area (Å²) in [4.78, 5) is 17.0. The van der Waals surface area contributed by atoms with Crippen molar-refractivity contribution >= 4 is 38.3 Å². The molecular weight excluding hydrogens is 382 g/mol. The Morgan fingerprint density at radius 1 is 1.14 bits per heavy atom. The van der Waals surface area contributed by atoms with Gasteiger partial charge in [-0.3, -0.25) is 4.98 Å². The number of fused-ring (bicyclic) bond motifs is 2. The molecule has 0 radical (unpaired) electrons. The Bertz CT molecular complexity index is 1220. The highest BCUT2D eigenvalue weighted by molar-refractivity contribution is 7.17. The molecule has 29 heavy (non-hydrogen) atoms. The largest absolute Gasteiger partial charge is 0.479 e. The molecule has 2 heterocycles. The molecule has 0 amide bonds. The zero-order valence-electron chi connectivity index (χ0n) is 16.9. The molecule has 0 bridgehead atoms. The third-order valence-corrected chi connectivity index (χ3v) is 5.72. The van der Waals surface area contributed by atoms with Gasteiger partial charge in [0.2, 0.25) is 0 Å². The predicted octanol–water partition coefficient (Wildman–Crippen LogP) is 6.37. The highest BCUT2D eigenvalue weighted by Gasteiger charge is 2.32. The number of thiophene rings is 1. The van der Waals surface area contributed by atoms with E-state index in [-0.39, 0.29) is 0 Å². The van der Waals surface area contributed by atoms with Crippen LogP contribution in [0.25, 0.3) is 32.1 Å². The van der Waals surface area contributed by atoms with Crippen LogP contribution in [0.4, 0.5) is 0 Å². The monoisotopic (exact) mass is 405 g/mol. The van der Waals surface area contributed by atoms with Gasteiger partial charge in [-0.1, -0.05) is 24.3 Å². The number of hydrogen-bond acceptors (Lipinski definition) is 4. The maximum absolute atomic E-state index is 12.3. The maximum Gasteiger partial charge on any atom is 0.337 e. The first kappa shape index (κ1) is 19.6. The van der Waals surface area contributed by atoms with Gasteiger partial charge in [0, 0.05) is 21.3 Å². The molecule has 4 aromatic rings. The van der Waals surface area contributed by atoms with Crippen LogP contribution >= 0.6 is 11.3 Å². The summed E-state index contributed by atoms with van der Waals surface area (Å²) in [7, 11) is 0. The number of benzene rings is 2. The van der Waals surface area contributed by atoms with Crippen molar-refractivity contribution in [1.29, 1.82) is 0 Å². The molecule has 148 valence electrons. The Kier molecular flexibility index (Phi) is 4.89. The Morgan fingerprint density at radius 2 is 1.90 bits per heavy atom. The second-order valence-electron chi connectivity index (χ2n) is 8.12. The van der Waals surface area contributed by atoms with Crippen LogP contribution in [0.5, 0.6) is 0 Å². The summed E-state index contributed by atoms with van der Waals surface area (Å²) in [6.45, 7) is 7.45. The number of ether oxygens (including phenoxy) is 1. The first-order valence-electron chi connectivity index (χ1n) is 9.52. The van der Waals surface area contributed by atoms with Gasteiger partial charge in [-0.15, -0.1) is 11.3 Å². The minimum atomic E-state index is -1.11. The molecule has 1 atom stereocenters. The molecule has 0 aliphatic carbocycles. The van der Waals surface area contributed by atoms with E-state index in [1.54, 1.807) is 11.3 Å². The number of aromatic nitrogens is 1. The Morgan fingerprint density at radius 3 is 2.62 bits per heavy atom. The predicted molar refractivity (Wildman–Crippen MR) is 119 cm³/mol. The van der Waals surface area contributed by atoms with E-state index >= 15 is 0 Å². The fourth-order valence-electron chi connectivity index (χ4n) is 3.69. The van der Waals surface area contributed by atoms with Crippen molar-refractivity contribution in [3.63, 3.8) is 0 Å². The van der Waals surface area contributed by atoms with Crippen molar-refractivity contribution in [3.8, 4) is 11.1 Å². The van der Waals surface area contributed by atoms with Crippen molar-refractivity contribution in [2.45, 2.75) is 39.4 Å². The van der Waals surface area contributed by atoms with Crippen LogP contribution in [0, 0.1) is 6.92 Å². The SMILES string of the molecule is Cc1nc2ccccc2c(-c2ccc3sccc3c2)c1[C@H](OC(C)(C)C)C(=O)O. The van der Waals surface area contributed by atoms with Gasteiger partial charge in [-0.25, -0.2) is 4.79 Å². The zero-order valence-corrected chi connectivity index (χ0v) is 17.7. The average molecular weight is 406 g/mol.